The van der Waals surface area contributed by atoms with Gasteiger partial charge < -0.3 is 5.32 Å². The van der Waals surface area contributed by atoms with Gasteiger partial charge in [-0.05, 0) is 30.7 Å². The fraction of sp³-hybridized carbons (Fsp3) is 0.474. The van der Waals surface area contributed by atoms with Crippen molar-refractivity contribution < 1.29 is 4.79 Å². The molecule has 0 saturated carbocycles. The number of hydrogen-bond acceptors (Lipinski definition) is 2. The summed E-state index contributed by atoms with van der Waals surface area (Å²) in [6, 6.07) is 12.0. The Labute approximate surface area is 133 Å². The smallest absolute Gasteiger partial charge is 0.224 e. The quantitative estimate of drug-likeness (QED) is 0.844. The van der Waals surface area contributed by atoms with Crippen molar-refractivity contribution >= 4 is 5.91 Å². The maximum atomic E-state index is 12.3. The Morgan fingerprint density at radius 1 is 1.32 bits per heavy atom. The summed E-state index contributed by atoms with van der Waals surface area (Å²) in [6.45, 7) is 4.24. The molecule has 0 aromatic heterocycles. The fourth-order valence-corrected chi connectivity index (χ4v) is 3.14. The summed E-state index contributed by atoms with van der Waals surface area (Å²) >= 11 is 0. The molecule has 0 radical (unpaired) electrons. The van der Waals surface area contributed by atoms with Gasteiger partial charge in [0.2, 0.25) is 5.91 Å². The Morgan fingerprint density at radius 2 is 2.05 bits per heavy atom. The zero-order valence-corrected chi connectivity index (χ0v) is 13.4. The molecule has 1 aromatic carbocycles. The molecule has 0 fully saturated rings. The summed E-state index contributed by atoms with van der Waals surface area (Å²) in [5, 5.41) is 12.5. The van der Waals surface area contributed by atoms with Gasteiger partial charge in [-0.3, -0.25) is 4.79 Å². The molecule has 1 amide bonds. The Hall–Kier alpha value is -2.08. The minimum atomic E-state index is -0.131. The van der Waals surface area contributed by atoms with E-state index >= 15 is 0 Å². The number of nitriles is 1. The van der Waals surface area contributed by atoms with E-state index in [9.17, 15) is 10.1 Å². The maximum Gasteiger partial charge on any atom is 0.224 e. The van der Waals surface area contributed by atoms with Crippen molar-refractivity contribution in [1.82, 2.24) is 5.32 Å². The van der Waals surface area contributed by atoms with E-state index in [4.69, 9.17) is 0 Å². The van der Waals surface area contributed by atoms with Crippen LogP contribution in [0.2, 0.25) is 0 Å². The summed E-state index contributed by atoms with van der Waals surface area (Å²) in [5.41, 5.74) is 2.20. The largest absolute Gasteiger partial charge is 0.348 e. The molecule has 3 heteroatoms. The second-order valence-electron chi connectivity index (χ2n) is 5.94. The molecule has 22 heavy (non-hydrogen) atoms. The number of hydrogen-bond donors (Lipinski definition) is 1. The summed E-state index contributed by atoms with van der Waals surface area (Å²) in [5.74, 6) is 0.331. The van der Waals surface area contributed by atoms with Gasteiger partial charge in [-0.2, -0.15) is 5.26 Å². The average molecular weight is 296 g/mol. The van der Waals surface area contributed by atoms with Gasteiger partial charge >= 0.3 is 0 Å². The second-order valence-corrected chi connectivity index (χ2v) is 5.94. The Bertz CT molecular complexity index is 571. The average Bonchev–Trinajstić information content (AvgIpc) is 2.55. The lowest BCUT2D eigenvalue weighted by Crippen LogP contribution is -2.44. The lowest BCUT2D eigenvalue weighted by atomic mass is 9.77. The van der Waals surface area contributed by atoms with Gasteiger partial charge in [0, 0.05) is 0 Å². The SMILES string of the molecule is CCC1=C[C@@H](CC)C[C@@H](C#N)[C@H]1NC(=O)Cc1ccccc1. The van der Waals surface area contributed by atoms with E-state index in [0.717, 1.165) is 24.8 Å². The number of carbonyl (C=O) groups is 1. The van der Waals surface area contributed by atoms with Crippen LogP contribution in [0, 0.1) is 23.2 Å². The predicted octanol–water partition coefficient (Wildman–Crippen LogP) is 3.62. The molecule has 3 nitrogen and oxygen atoms in total. The van der Waals surface area contributed by atoms with Crippen LogP contribution in [0.5, 0.6) is 0 Å². The lowest BCUT2D eigenvalue weighted by Gasteiger charge is -2.32. The van der Waals surface area contributed by atoms with Gasteiger partial charge in [0.25, 0.3) is 0 Å². The number of nitrogens with zero attached hydrogens (tertiary/aromatic N) is 1. The molecule has 116 valence electrons. The van der Waals surface area contributed by atoms with E-state index in [2.05, 4.69) is 31.3 Å². The van der Waals surface area contributed by atoms with Crippen LogP contribution in [-0.2, 0) is 11.2 Å². The van der Waals surface area contributed by atoms with Crippen LogP contribution in [0.15, 0.2) is 42.0 Å². The second kappa shape index (κ2) is 7.79. The molecule has 0 saturated heterocycles. The van der Waals surface area contributed by atoms with Gasteiger partial charge in [0.15, 0.2) is 0 Å². The number of benzene rings is 1. The van der Waals surface area contributed by atoms with Crippen molar-refractivity contribution in [2.24, 2.45) is 11.8 Å². The molecular formula is C19H24N2O. The molecule has 2 rings (SSSR count). The zero-order valence-electron chi connectivity index (χ0n) is 13.4. The lowest BCUT2D eigenvalue weighted by molar-refractivity contribution is -0.121. The number of amides is 1. The van der Waals surface area contributed by atoms with E-state index in [-0.39, 0.29) is 17.9 Å². The first kappa shape index (κ1) is 16.3. The van der Waals surface area contributed by atoms with E-state index in [1.807, 2.05) is 30.3 Å². The van der Waals surface area contributed by atoms with E-state index in [1.165, 1.54) is 5.57 Å². The molecule has 1 aromatic rings. The first-order valence-electron chi connectivity index (χ1n) is 8.11. The highest BCUT2D eigenvalue weighted by atomic mass is 16.1. The molecule has 1 aliphatic carbocycles. The molecule has 0 heterocycles. The standard InChI is InChI=1S/C19H24N2O/c1-3-14-10-16(4-2)19(17(11-14)13-20)21-18(22)12-15-8-6-5-7-9-15/h5-10,14,17,19H,3-4,11-12H2,1-2H3,(H,21,22)/t14-,17+,19+/m1/s1. The molecule has 0 spiro atoms. The van der Waals surface area contributed by atoms with Crippen LogP contribution < -0.4 is 5.32 Å². The Morgan fingerprint density at radius 3 is 2.64 bits per heavy atom. The third-order valence-electron chi connectivity index (χ3n) is 4.43. The van der Waals surface area contributed by atoms with Crippen LogP contribution in [0.4, 0.5) is 0 Å². The van der Waals surface area contributed by atoms with Crippen LogP contribution in [0.25, 0.3) is 0 Å². The van der Waals surface area contributed by atoms with Crippen molar-refractivity contribution in [3.8, 4) is 6.07 Å². The predicted molar refractivity (Wildman–Crippen MR) is 88.0 cm³/mol. The van der Waals surface area contributed by atoms with Crippen LogP contribution in [0.1, 0.15) is 38.7 Å². The summed E-state index contributed by atoms with van der Waals surface area (Å²) < 4.78 is 0. The molecule has 1 N–H and O–H groups in total. The first-order valence-corrected chi connectivity index (χ1v) is 8.11. The van der Waals surface area contributed by atoms with Gasteiger partial charge in [-0.1, -0.05) is 55.8 Å². The summed E-state index contributed by atoms with van der Waals surface area (Å²) in [4.78, 5) is 12.3. The minimum Gasteiger partial charge on any atom is -0.348 e. The van der Waals surface area contributed by atoms with Gasteiger partial charge in [0.05, 0.1) is 24.4 Å². The third kappa shape index (κ3) is 3.98. The highest BCUT2D eigenvalue weighted by Gasteiger charge is 2.31. The maximum absolute atomic E-state index is 12.3. The van der Waals surface area contributed by atoms with E-state index in [1.54, 1.807) is 0 Å². The van der Waals surface area contributed by atoms with Gasteiger partial charge in [-0.25, -0.2) is 0 Å². The number of allylic oxidation sites excluding steroid dienone is 1. The van der Waals surface area contributed by atoms with Crippen LogP contribution >= 0.6 is 0 Å². The molecule has 0 aliphatic heterocycles. The fourth-order valence-electron chi connectivity index (χ4n) is 3.14. The molecule has 0 bridgehead atoms. The number of carbonyl (C=O) groups excluding carboxylic acids is 1. The number of rotatable bonds is 5. The molecular weight excluding hydrogens is 272 g/mol. The molecule has 3 atom stereocenters. The summed E-state index contributed by atoms with van der Waals surface area (Å²) in [7, 11) is 0. The monoisotopic (exact) mass is 296 g/mol. The van der Waals surface area contributed by atoms with Crippen LogP contribution in [-0.4, -0.2) is 11.9 Å². The van der Waals surface area contributed by atoms with Crippen molar-refractivity contribution in [1.29, 1.82) is 5.26 Å². The highest BCUT2D eigenvalue weighted by molar-refractivity contribution is 5.79. The normalized spacial score (nSPS) is 24.2. The van der Waals surface area contributed by atoms with Gasteiger partial charge in [-0.15, -0.1) is 0 Å². The molecule has 1 aliphatic rings. The number of nitrogens with one attached hydrogen (secondary N) is 1. The van der Waals surface area contributed by atoms with Crippen molar-refractivity contribution in [2.75, 3.05) is 0 Å². The Kier molecular flexibility index (Phi) is 5.77. The van der Waals surface area contributed by atoms with Gasteiger partial charge in [0.1, 0.15) is 0 Å². The summed E-state index contributed by atoms with van der Waals surface area (Å²) in [6.07, 6.45) is 5.40. The minimum absolute atomic E-state index is 0.00857. The van der Waals surface area contributed by atoms with Crippen molar-refractivity contribution in [3.63, 3.8) is 0 Å². The van der Waals surface area contributed by atoms with E-state index in [0.29, 0.717) is 12.3 Å². The van der Waals surface area contributed by atoms with Crippen LogP contribution in [0.3, 0.4) is 0 Å². The molecule has 0 unspecified atom stereocenters. The first-order chi connectivity index (χ1) is 10.7. The zero-order chi connectivity index (χ0) is 15.9. The van der Waals surface area contributed by atoms with E-state index < -0.39 is 0 Å². The van der Waals surface area contributed by atoms with Crippen molar-refractivity contribution in [3.05, 3.63) is 47.5 Å². The topological polar surface area (TPSA) is 52.9 Å². The Balaban J connectivity index is 2.08. The highest BCUT2D eigenvalue weighted by Crippen LogP contribution is 2.31. The third-order valence-corrected chi connectivity index (χ3v) is 4.43. The van der Waals surface area contributed by atoms with Crippen molar-refractivity contribution in [2.45, 2.75) is 45.6 Å².